The molecule has 0 saturated heterocycles. The molecule has 1 aliphatic heterocycles. The zero-order chi connectivity index (χ0) is 18.3. The summed E-state index contributed by atoms with van der Waals surface area (Å²) in [5.41, 5.74) is 7.90. The Hall–Kier alpha value is -0.854. The summed E-state index contributed by atoms with van der Waals surface area (Å²) in [5.74, 6) is 1.14. The molecule has 29 heavy (non-hydrogen) atoms. The fourth-order valence-corrected chi connectivity index (χ4v) is 3.21. The minimum Gasteiger partial charge on any atom is -0.870 e. The van der Waals surface area contributed by atoms with Crippen molar-refractivity contribution >= 4 is 0 Å². The second-order valence-electron chi connectivity index (χ2n) is 6.44. The molecule has 5 N–H and O–H groups in total. The van der Waals surface area contributed by atoms with Crippen LogP contribution in [0.3, 0.4) is 0 Å². The molecule has 0 radical (unpaired) electrons. The molecule has 1 atom stereocenters. The predicted molar refractivity (Wildman–Crippen MR) is 97.6 cm³/mol. The maximum absolute atomic E-state index is 13.3. The molecule has 1 aromatic carbocycles. The molecule has 2 heterocycles. The van der Waals surface area contributed by atoms with Gasteiger partial charge in [-0.25, -0.2) is 0 Å². The van der Waals surface area contributed by atoms with Crippen LogP contribution in [0.25, 0.3) is 17.4 Å². The van der Waals surface area contributed by atoms with Gasteiger partial charge in [0.2, 0.25) is 0 Å². The molecule has 2 aliphatic rings. The van der Waals surface area contributed by atoms with E-state index >= 15 is 0 Å². The van der Waals surface area contributed by atoms with Gasteiger partial charge < -0.3 is 36.6 Å². The average molecular weight is 433 g/mol. The van der Waals surface area contributed by atoms with Gasteiger partial charge in [-0.05, 0) is 48.7 Å². The zero-order valence-corrected chi connectivity index (χ0v) is 19.4. The normalized spacial score (nSPS) is 16.7. The number of halogens is 2. The largest absolute Gasteiger partial charge is 1.00 e. The average Bonchev–Trinajstić information content (AvgIpc) is 3.38. The standard InChI is InChI=1S/C19H19F2N2O3.K.H2N.H2O/c1-2-24-16-8-6-14(13(10-22)11-3-4-11)23-18(16)12-5-7-15-17(9-12)26-19(20,21)25-15;;;/h5-7,9,11,13H,2-4,10,22H2,1H3;;2*1H2/q-1;+1;-1;/p-1. The monoisotopic (exact) mass is 433 g/mol. The van der Waals surface area contributed by atoms with Crippen molar-refractivity contribution in [2.45, 2.75) is 32.0 Å². The van der Waals surface area contributed by atoms with Crippen LogP contribution in [0.4, 0.5) is 8.78 Å². The Morgan fingerprint density at radius 1 is 1.31 bits per heavy atom. The van der Waals surface area contributed by atoms with Gasteiger partial charge in [-0.1, -0.05) is 24.6 Å². The second-order valence-corrected chi connectivity index (χ2v) is 6.44. The van der Waals surface area contributed by atoms with Crippen molar-refractivity contribution in [3.05, 3.63) is 42.2 Å². The van der Waals surface area contributed by atoms with Crippen molar-refractivity contribution in [2.24, 2.45) is 11.7 Å². The number of benzene rings is 1. The van der Waals surface area contributed by atoms with Crippen molar-refractivity contribution < 1.29 is 79.9 Å². The van der Waals surface area contributed by atoms with Crippen LogP contribution in [0.15, 0.2) is 24.3 Å². The molecule has 2 aromatic rings. The van der Waals surface area contributed by atoms with Crippen LogP contribution in [0.2, 0.25) is 0 Å². The third kappa shape index (κ3) is 5.64. The molecule has 1 aliphatic carbocycles. The van der Waals surface area contributed by atoms with Crippen LogP contribution in [0, 0.1) is 12.0 Å². The number of nitrogens with two attached hydrogens (primary N) is 2. The van der Waals surface area contributed by atoms with Crippen molar-refractivity contribution in [3.63, 3.8) is 0 Å². The van der Waals surface area contributed by atoms with Crippen molar-refractivity contribution in [3.8, 4) is 28.5 Å². The molecule has 0 amide bonds. The van der Waals surface area contributed by atoms with E-state index in [1.807, 2.05) is 13.0 Å². The van der Waals surface area contributed by atoms with E-state index in [0.717, 1.165) is 18.5 Å². The SMILES string of the molecule is CCOc1[c-]cc(C(CN)C2CC2)nc1-c1ccc2c(c1)OC(F)(F)O2.[K+].[NH2-].[OH-]. The smallest absolute Gasteiger partial charge is 0.870 e. The van der Waals surface area contributed by atoms with Crippen LogP contribution in [0.5, 0.6) is 17.2 Å². The molecule has 0 spiro atoms. The summed E-state index contributed by atoms with van der Waals surface area (Å²) >= 11 is 0. The Balaban J connectivity index is 0.00000140. The number of hydrogen-bond donors (Lipinski definition) is 1. The van der Waals surface area contributed by atoms with Crippen molar-refractivity contribution in [2.75, 3.05) is 13.2 Å². The van der Waals surface area contributed by atoms with Crippen LogP contribution in [0.1, 0.15) is 31.4 Å². The number of rotatable bonds is 6. The molecule has 1 fully saturated rings. The Morgan fingerprint density at radius 2 is 2.00 bits per heavy atom. The quantitative estimate of drug-likeness (QED) is 0.539. The Bertz CT molecular complexity index is 837. The number of fused-ring (bicyclic) bond motifs is 1. The number of nitrogens with zero attached hydrogens (tertiary/aromatic N) is 1. The summed E-state index contributed by atoms with van der Waals surface area (Å²) in [6.07, 6.45) is -1.36. The molecule has 1 aromatic heterocycles. The number of aromatic nitrogens is 1. The molecule has 1 unspecified atom stereocenters. The molecular formula is C19H22F2KN3O4-2. The van der Waals surface area contributed by atoms with Gasteiger partial charge in [0.25, 0.3) is 0 Å². The third-order valence-corrected chi connectivity index (χ3v) is 4.60. The number of ether oxygens (including phenoxy) is 3. The summed E-state index contributed by atoms with van der Waals surface area (Å²) in [4.78, 5) is 4.74. The minimum atomic E-state index is -3.65. The first-order valence-electron chi connectivity index (χ1n) is 8.66. The minimum absolute atomic E-state index is 0. The van der Waals surface area contributed by atoms with Gasteiger partial charge in [-0.3, -0.25) is 0 Å². The second kappa shape index (κ2) is 10.4. The van der Waals surface area contributed by atoms with Gasteiger partial charge in [-0.15, -0.1) is 14.8 Å². The number of alkyl halides is 2. The van der Waals surface area contributed by atoms with Crippen molar-refractivity contribution in [1.82, 2.24) is 4.98 Å². The zero-order valence-electron chi connectivity index (χ0n) is 16.3. The summed E-state index contributed by atoms with van der Waals surface area (Å²) in [6.45, 7) is 2.81. The Kier molecular flexibility index (Phi) is 9.43. The van der Waals surface area contributed by atoms with Crippen molar-refractivity contribution in [1.29, 1.82) is 0 Å². The fraction of sp³-hybridized carbons (Fsp3) is 0.421. The first kappa shape index (κ1) is 26.2. The summed E-state index contributed by atoms with van der Waals surface area (Å²) in [5, 5.41) is 0. The van der Waals surface area contributed by atoms with Gasteiger partial charge >= 0.3 is 57.7 Å². The first-order chi connectivity index (χ1) is 12.5. The topological polar surface area (TPSA) is 130 Å². The van der Waals surface area contributed by atoms with Gasteiger partial charge in [0.15, 0.2) is 11.5 Å². The maximum atomic E-state index is 13.3. The Morgan fingerprint density at radius 3 is 2.62 bits per heavy atom. The summed E-state index contributed by atoms with van der Waals surface area (Å²) < 4.78 is 41.2. The summed E-state index contributed by atoms with van der Waals surface area (Å²) in [6, 6.07) is 9.51. The summed E-state index contributed by atoms with van der Waals surface area (Å²) in [7, 11) is 0. The molecule has 154 valence electrons. The van der Waals surface area contributed by atoms with Gasteiger partial charge in [0, 0.05) is 5.75 Å². The molecule has 4 rings (SSSR count). The van der Waals surface area contributed by atoms with E-state index in [1.165, 1.54) is 12.1 Å². The fourth-order valence-electron chi connectivity index (χ4n) is 3.21. The van der Waals surface area contributed by atoms with Gasteiger partial charge in [-0.2, -0.15) is 6.07 Å². The molecule has 7 nitrogen and oxygen atoms in total. The van der Waals surface area contributed by atoms with E-state index in [0.29, 0.717) is 36.1 Å². The van der Waals surface area contributed by atoms with Gasteiger partial charge in [0.05, 0.1) is 6.61 Å². The molecule has 1 saturated carbocycles. The van der Waals surface area contributed by atoms with E-state index in [2.05, 4.69) is 15.5 Å². The van der Waals surface area contributed by atoms with Crippen LogP contribution >= 0.6 is 0 Å². The van der Waals surface area contributed by atoms with Gasteiger partial charge in [0.1, 0.15) is 0 Å². The predicted octanol–water partition coefficient (Wildman–Crippen LogP) is 1.27. The molecular weight excluding hydrogens is 411 g/mol. The number of pyridine rings is 1. The molecule has 0 bridgehead atoms. The van der Waals surface area contributed by atoms with E-state index < -0.39 is 6.29 Å². The van der Waals surface area contributed by atoms with E-state index in [9.17, 15) is 8.78 Å². The van der Waals surface area contributed by atoms with E-state index in [1.54, 1.807) is 6.07 Å². The molecule has 10 heteroatoms. The van der Waals surface area contributed by atoms with Crippen LogP contribution in [-0.2, 0) is 0 Å². The third-order valence-electron chi connectivity index (χ3n) is 4.60. The first-order valence-corrected chi connectivity index (χ1v) is 8.66. The van der Waals surface area contributed by atoms with E-state index in [4.69, 9.17) is 15.5 Å². The Labute approximate surface area is 210 Å². The van der Waals surface area contributed by atoms with E-state index in [-0.39, 0.29) is 80.4 Å². The number of hydrogen-bond acceptors (Lipinski definition) is 6. The maximum Gasteiger partial charge on any atom is 1.00 e. The van der Waals surface area contributed by atoms with Crippen LogP contribution < -0.4 is 71.3 Å². The van der Waals surface area contributed by atoms with Crippen LogP contribution in [-0.4, -0.2) is 29.9 Å².